The van der Waals surface area contributed by atoms with Crippen molar-refractivity contribution in [2.45, 2.75) is 44.6 Å². The van der Waals surface area contributed by atoms with Gasteiger partial charge in [0.25, 0.3) is 0 Å². The third-order valence-electron chi connectivity index (χ3n) is 4.01. The Morgan fingerprint density at radius 1 is 1.06 bits per heavy atom. The smallest absolute Gasteiger partial charge is 0.0597 e. The van der Waals surface area contributed by atoms with Crippen molar-refractivity contribution in [3.63, 3.8) is 0 Å². The van der Waals surface area contributed by atoms with Gasteiger partial charge in [0.2, 0.25) is 0 Å². The summed E-state index contributed by atoms with van der Waals surface area (Å²) in [5.41, 5.74) is 0. The highest BCUT2D eigenvalue weighted by molar-refractivity contribution is 4.72. The Labute approximate surface area is 98.8 Å². The summed E-state index contributed by atoms with van der Waals surface area (Å²) in [5, 5.41) is 9.05. The fourth-order valence-corrected chi connectivity index (χ4v) is 2.84. The second kappa shape index (κ2) is 6.58. The van der Waals surface area contributed by atoms with Gasteiger partial charge in [0.15, 0.2) is 0 Å². The van der Waals surface area contributed by atoms with E-state index in [1.54, 1.807) is 0 Å². The zero-order valence-corrected chi connectivity index (χ0v) is 10.2. The topological polar surface area (TPSA) is 32.7 Å². The molecule has 2 rings (SSSR count). The Kier molecular flexibility index (Phi) is 5.07. The van der Waals surface area contributed by atoms with Crippen molar-refractivity contribution in [2.24, 2.45) is 5.92 Å². The molecular formula is C13H25NO2. The van der Waals surface area contributed by atoms with Crippen molar-refractivity contribution in [1.29, 1.82) is 0 Å². The summed E-state index contributed by atoms with van der Waals surface area (Å²) in [4.78, 5) is 2.50. The van der Waals surface area contributed by atoms with Gasteiger partial charge < -0.3 is 14.7 Å². The number of aliphatic hydroxyl groups is 1. The van der Waals surface area contributed by atoms with Gasteiger partial charge in [0.1, 0.15) is 0 Å². The largest absolute Gasteiger partial charge is 0.396 e. The number of aliphatic hydroxyl groups excluding tert-OH is 1. The SMILES string of the molecule is OCC1CCC(OCCN2CCCC2)CC1. The van der Waals surface area contributed by atoms with E-state index in [1.165, 1.54) is 25.9 Å². The Morgan fingerprint density at radius 3 is 2.38 bits per heavy atom. The number of ether oxygens (including phenoxy) is 1. The fraction of sp³-hybridized carbons (Fsp3) is 1.00. The van der Waals surface area contributed by atoms with E-state index in [0.717, 1.165) is 38.8 Å². The van der Waals surface area contributed by atoms with Gasteiger partial charge in [-0.25, -0.2) is 0 Å². The predicted octanol–water partition coefficient (Wildman–Crippen LogP) is 1.65. The van der Waals surface area contributed by atoms with Crippen LogP contribution in [-0.4, -0.2) is 49.0 Å². The Balaban J connectivity index is 1.53. The van der Waals surface area contributed by atoms with E-state index in [9.17, 15) is 0 Å². The Hall–Kier alpha value is -0.120. The molecule has 0 aromatic carbocycles. The van der Waals surface area contributed by atoms with E-state index in [1.807, 2.05) is 0 Å². The molecule has 0 radical (unpaired) electrons. The lowest BCUT2D eigenvalue weighted by molar-refractivity contribution is 0.00382. The molecule has 1 saturated heterocycles. The third-order valence-corrected chi connectivity index (χ3v) is 4.01. The molecule has 16 heavy (non-hydrogen) atoms. The lowest BCUT2D eigenvalue weighted by atomic mass is 9.88. The number of nitrogens with zero attached hydrogens (tertiary/aromatic N) is 1. The maximum absolute atomic E-state index is 9.05. The maximum atomic E-state index is 9.05. The number of likely N-dealkylation sites (tertiary alicyclic amines) is 1. The molecular weight excluding hydrogens is 202 g/mol. The quantitative estimate of drug-likeness (QED) is 0.775. The molecule has 0 aromatic heterocycles. The molecule has 3 nitrogen and oxygen atoms in total. The molecule has 3 heteroatoms. The van der Waals surface area contributed by atoms with Crippen LogP contribution in [0.4, 0.5) is 0 Å². The van der Waals surface area contributed by atoms with Crippen LogP contribution < -0.4 is 0 Å². The predicted molar refractivity (Wildman–Crippen MR) is 64.5 cm³/mol. The van der Waals surface area contributed by atoms with Crippen molar-refractivity contribution in [2.75, 3.05) is 32.8 Å². The minimum absolute atomic E-state index is 0.362. The van der Waals surface area contributed by atoms with Crippen molar-refractivity contribution in [3.05, 3.63) is 0 Å². The van der Waals surface area contributed by atoms with E-state index in [-0.39, 0.29) is 0 Å². The van der Waals surface area contributed by atoms with E-state index in [2.05, 4.69) is 4.90 Å². The molecule has 0 spiro atoms. The van der Waals surface area contributed by atoms with Crippen LogP contribution in [0, 0.1) is 5.92 Å². The fourth-order valence-electron chi connectivity index (χ4n) is 2.84. The molecule has 1 aliphatic heterocycles. The van der Waals surface area contributed by atoms with Crippen LogP contribution in [0.25, 0.3) is 0 Å². The lowest BCUT2D eigenvalue weighted by Gasteiger charge is -2.28. The van der Waals surface area contributed by atoms with E-state index in [4.69, 9.17) is 9.84 Å². The summed E-state index contributed by atoms with van der Waals surface area (Å²) in [6, 6.07) is 0. The molecule has 0 unspecified atom stereocenters. The van der Waals surface area contributed by atoms with Gasteiger partial charge in [-0.2, -0.15) is 0 Å². The van der Waals surface area contributed by atoms with Crippen LogP contribution >= 0.6 is 0 Å². The molecule has 1 heterocycles. The van der Waals surface area contributed by atoms with Crippen LogP contribution in [0.15, 0.2) is 0 Å². The van der Waals surface area contributed by atoms with Crippen LogP contribution in [0.1, 0.15) is 38.5 Å². The second-order valence-electron chi connectivity index (χ2n) is 5.24. The monoisotopic (exact) mass is 227 g/mol. The average Bonchev–Trinajstić information content (AvgIpc) is 2.83. The van der Waals surface area contributed by atoms with Gasteiger partial charge in [-0.1, -0.05) is 0 Å². The highest BCUT2D eigenvalue weighted by Gasteiger charge is 2.21. The molecule has 0 atom stereocenters. The summed E-state index contributed by atoms with van der Waals surface area (Å²) >= 11 is 0. The van der Waals surface area contributed by atoms with Gasteiger partial charge in [-0.3, -0.25) is 0 Å². The number of hydrogen-bond donors (Lipinski definition) is 1. The molecule has 1 saturated carbocycles. The zero-order valence-electron chi connectivity index (χ0n) is 10.2. The number of hydrogen-bond acceptors (Lipinski definition) is 3. The maximum Gasteiger partial charge on any atom is 0.0597 e. The average molecular weight is 227 g/mol. The molecule has 1 aliphatic carbocycles. The highest BCUT2D eigenvalue weighted by Crippen LogP contribution is 2.25. The van der Waals surface area contributed by atoms with Crippen molar-refractivity contribution >= 4 is 0 Å². The van der Waals surface area contributed by atoms with Gasteiger partial charge in [0, 0.05) is 13.2 Å². The van der Waals surface area contributed by atoms with E-state index >= 15 is 0 Å². The first kappa shape index (κ1) is 12.3. The first-order chi connectivity index (χ1) is 7.88. The van der Waals surface area contributed by atoms with Gasteiger partial charge in [-0.05, 0) is 57.5 Å². The summed E-state index contributed by atoms with van der Waals surface area (Å²) in [6.07, 6.45) is 7.76. The van der Waals surface area contributed by atoms with E-state index in [0.29, 0.717) is 18.6 Å². The van der Waals surface area contributed by atoms with Crippen LogP contribution in [0.5, 0.6) is 0 Å². The Morgan fingerprint density at radius 2 is 1.75 bits per heavy atom. The molecule has 0 amide bonds. The number of rotatable bonds is 5. The Bertz CT molecular complexity index is 184. The molecule has 1 N–H and O–H groups in total. The van der Waals surface area contributed by atoms with Crippen LogP contribution in [-0.2, 0) is 4.74 Å². The lowest BCUT2D eigenvalue weighted by Crippen LogP contribution is -2.28. The minimum atomic E-state index is 0.362. The normalized spacial score (nSPS) is 32.1. The molecule has 0 bridgehead atoms. The molecule has 0 aromatic rings. The standard InChI is InChI=1S/C13H25NO2/c15-11-12-3-5-13(6-4-12)16-10-9-14-7-1-2-8-14/h12-13,15H,1-11H2. The summed E-state index contributed by atoms with van der Waals surface area (Å²) in [7, 11) is 0. The summed E-state index contributed by atoms with van der Waals surface area (Å²) in [6.45, 7) is 4.90. The van der Waals surface area contributed by atoms with Crippen molar-refractivity contribution in [3.8, 4) is 0 Å². The molecule has 94 valence electrons. The highest BCUT2D eigenvalue weighted by atomic mass is 16.5. The van der Waals surface area contributed by atoms with Crippen LogP contribution in [0.3, 0.4) is 0 Å². The zero-order chi connectivity index (χ0) is 11.2. The molecule has 2 aliphatic rings. The van der Waals surface area contributed by atoms with Crippen LogP contribution in [0.2, 0.25) is 0 Å². The van der Waals surface area contributed by atoms with Gasteiger partial charge in [0.05, 0.1) is 12.7 Å². The van der Waals surface area contributed by atoms with Gasteiger partial charge in [-0.15, -0.1) is 0 Å². The minimum Gasteiger partial charge on any atom is -0.396 e. The first-order valence-corrected chi connectivity index (χ1v) is 6.83. The summed E-state index contributed by atoms with van der Waals surface area (Å²) in [5.74, 6) is 0.540. The van der Waals surface area contributed by atoms with Crippen molar-refractivity contribution < 1.29 is 9.84 Å². The third kappa shape index (κ3) is 3.72. The van der Waals surface area contributed by atoms with Crippen molar-refractivity contribution in [1.82, 2.24) is 4.90 Å². The van der Waals surface area contributed by atoms with Gasteiger partial charge >= 0.3 is 0 Å². The van der Waals surface area contributed by atoms with E-state index < -0.39 is 0 Å². The first-order valence-electron chi connectivity index (χ1n) is 6.83. The molecule has 2 fully saturated rings. The summed E-state index contributed by atoms with van der Waals surface area (Å²) < 4.78 is 5.91. The second-order valence-corrected chi connectivity index (χ2v) is 5.24.